The lowest BCUT2D eigenvalue weighted by molar-refractivity contribution is 0.104. The predicted molar refractivity (Wildman–Crippen MR) is 109 cm³/mol. The van der Waals surface area contributed by atoms with E-state index in [2.05, 4.69) is 29.2 Å². The molecule has 134 valence electrons. The van der Waals surface area contributed by atoms with Crippen molar-refractivity contribution in [1.29, 1.82) is 0 Å². The van der Waals surface area contributed by atoms with Crippen molar-refractivity contribution >= 4 is 17.1 Å². The van der Waals surface area contributed by atoms with E-state index in [1.54, 1.807) is 18.4 Å². The topological polar surface area (TPSA) is 42.1 Å². The molecule has 0 bridgehead atoms. The summed E-state index contributed by atoms with van der Waals surface area (Å²) in [5.41, 5.74) is 2.96. The molecule has 1 unspecified atom stereocenters. The number of thiophene rings is 1. The minimum Gasteiger partial charge on any atom is -0.497 e. The van der Waals surface area contributed by atoms with Crippen LogP contribution in [0.2, 0.25) is 0 Å². The number of carbonyl (C=O) groups is 1. The largest absolute Gasteiger partial charge is 0.497 e. The molecule has 4 heteroatoms. The lowest BCUT2D eigenvalue weighted by atomic mass is 9.94. The van der Waals surface area contributed by atoms with Crippen molar-refractivity contribution in [3.8, 4) is 5.75 Å². The first-order valence-electron chi connectivity index (χ1n) is 8.73. The van der Waals surface area contributed by atoms with Gasteiger partial charge in [0, 0.05) is 22.3 Å². The van der Waals surface area contributed by atoms with Gasteiger partial charge >= 0.3 is 0 Å². The fraction of sp³-hybridized carbons (Fsp3) is 0.0870. The number of methoxy groups -OCH3 is 1. The van der Waals surface area contributed by atoms with E-state index in [0.29, 0.717) is 5.56 Å². The van der Waals surface area contributed by atoms with Gasteiger partial charge in [0.1, 0.15) is 5.75 Å². The van der Waals surface area contributed by atoms with Crippen LogP contribution in [0.25, 0.3) is 0 Å². The molecule has 0 aliphatic carbocycles. The monoisotopic (exact) mass is 373 g/mol. The number of ketones is 1. The quantitative estimate of drug-likeness (QED) is 0.454. The fourth-order valence-corrected chi connectivity index (χ4v) is 4.30. The zero-order chi connectivity index (χ0) is 18.6. The SMILES string of the molecule is COc1ccc(C(c2ccc[nH]2)c2ccc(C(=O)c3ccccc3)s2)cc1. The molecule has 1 N–H and O–H groups in total. The average Bonchev–Trinajstić information content (AvgIpc) is 3.42. The van der Waals surface area contributed by atoms with Crippen LogP contribution in [0.1, 0.15) is 37.3 Å². The third-order valence-electron chi connectivity index (χ3n) is 4.55. The van der Waals surface area contributed by atoms with Crippen LogP contribution in [0.3, 0.4) is 0 Å². The first-order valence-corrected chi connectivity index (χ1v) is 9.54. The Morgan fingerprint density at radius 1 is 0.926 bits per heavy atom. The molecule has 4 rings (SSSR count). The highest BCUT2D eigenvalue weighted by Crippen LogP contribution is 2.36. The molecule has 0 amide bonds. The van der Waals surface area contributed by atoms with Crippen LogP contribution in [0, 0.1) is 0 Å². The maximum absolute atomic E-state index is 12.8. The number of H-pyrrole nitrogens is 1. The summed E-state index contributed by atoms with van der Waals surface area (Å²) in [6.45, 7) is 0. The number of nitrogens with one attached hydrogen (secondary N) is 1. The van der Waals surface area contributed by atoms with Gasteiger partial charge in [0.05, 0.1) is 17.9 Å². The van der Waals surface area contributed by atoms with Gasteiger partial charge in [0.2, 0.25) is 5.78 Å². The van der Waals surface area contributed by atoms with Gasteiger partial charge in [-0.3, -0.25) is 4.79 Å². The molecular weight excluding hydrogens is 354 g/mol. The number of ether oxygens (including phenoxy) is 1. The Kier molecular flexibility index (Phi) is 4.90. The van der Waals surface area contributed by atoms with E-state index in [-0.39, 0.29) is 11.7 Å². The number of aromatic amines is 1. The second-order valence-corrected chi connectivity index (χ2v) is 7.34. The minimum absolute atomic E-state index is 0.0493. The summed E-state index contributed by atoms with van der Waals surface area (Å²) in [5.74, 6) is 0.940. The van der Waals surface area contributed by atoms with Crippen LogP contribution in [0.4, 0.5) is 0 Å². The summed E-state index contributed by atoms with van der Waals surface area (Å²) < 4.78 is 5.28. The molecule has 0 aliphatic rings. The molecule has 3 nitrogen and oxygen atoms in total. The Morgan fingerprint density at radius 2 is 1.70 bits per heavy atom. The molecule has 2 aromatic heterocycles. The molecular formula is C23H19NO2S. The van der Waals surface area contributed by atoms with Crippen LogP contribution in [0.15, 0.2) is 85.1 Å². The van der Waals surface area contributed by atoms with E-state index < -0.39 is 0 Å². The Balaban J connectivity index is 1.71. The first-order chi connectivity index (χ1) is 13.3. The first kappa shape index (κ1) is 17.3. The zero-order valence-electron chi connectivity index (χ0n) is 14.9. The summed E-state index contributed by atoms with van der Waals surface area (Å²) in [6, 6.07) is 25.5. The van der Waals surface area contributed by atoms with Crippen molar-refractivity contribution in [1.82, 2.24) is 4.98 Å². The zero-order valence-corrected chi connectivity index (χ0v) is 15.7. The summed E-state index contributed by atoms with van der Waals surface area (Å²) in [5, 5.41) is 0. The van der Waals surface area contributed by atoms with Crippen LogP contribution in [0.5, 0.6) is 5.75 Å². The molecule has 0 fully saturated rings. The number of rotatable bonds is 6. The van der Waals surface area contributed by atoms with Crippen molar-refractivity contribution < 1.29 is 9.53 Å². The van der Waals surface area contributed by atoms with Gasteiger partial charge < -0.3 is 9.72 Å². The normalized spacial score (nSPS) is 11.9. The van der Waals surface area contributed by atoms with E-state index in [1.165, 1.54) is 0 Å². The number of hydrogen-bond donors (Lipinski definition) is 1. The van der Waals surface area contributed by atoms with Gasteiger partial charge in [-0.2, -0.15) is 0 Å². The van der Waals surface area contributed by atoms with E-state index in [9.17, 15) is 4.79 Å². The number of benzene rings is 2. The molecule has 0 radical (unpaired) electrons. The highest BCUT2D eigenvalue weighted by Gasteiger charge is 2.21. The standard InChI is InChI=1S/C23H19NO2S/c1-26-18-11-9-16(10-12-18)22(19-8-5-15-24-19)20-13-14-21(27-20)23(25)17-6-3-2-4-7-17/h2-15,22,24H,1H3. The molecule has 2 heterocycles. The second kappa shape index (κ2) is 7.64. The van der Waals surface area contributed by atoms with E-state index in [0.717, 1.165) is 26.8 Å². The second-order valence-electron chi connectivity index (χ2n) is 6.23. The highest BCUT2D eigenvalue weighted by atomic mass is 32.1. The third-order valence-corrected chi connectivity index (χ3v) is 5.70. The third kappa shape index (κ3) is 3.57. The molecule has 1 atom stereocenters. The summed E-state index contributed by atoms with van der Waals surface area (Å²) in [6.07, 6.45) is 1.93. The molecule has 0 saturated carbocycles. The lowest BCUT2D eigenvalue weighted by Gasteiger charge is -2.15. The number of aromatic nitrogens is 1. The van der Waals surface area contributed by atoms with Gasteiger partial charge in [0.15, 0.2) is 0 Å². The Labute approximate surface area is 162 Å². The Morgan fingerprint density at radius 3 is 2.37 bits per heavy atom. The molecule has 0 saturated heterocycles. The van der Waals surface area contributed by atoms with Gasteiger partial charge in [-0.25, -0.2) is 0 Å². The summed E-state index contributed by atoms with van der Waals surface area (Å²) >= 11 is 1.55. The molecule has 4 aromatic rings. The molecule has 0 aliphatic heterocycles. The maximum Gasteiger partial charge on any atom is 0.202 e. The van der Waals surface area contributed by atoms with Gasteiger partial charge in [0.25, 0.3) is 0 Å². The van der Waals surface area contributed by atoms with Crippen molar-refractivity contribution in [2.45, 2.75) is 5.92 Å². The smallest absolute Gasteiger partial charge is 0.202 e. The van der Waals surface area contributed by atoms with Gasteiger partial charge in [-0.05, 0) is 42.0 Å². The Bertz CT molecular complexity index is 1020. The highest BCUT2D eigenvalue weighted by molar-refractivity contribution is 7.14. The van der Waals surface area contributed by atoms with E-state index in [1.807, 2.05) is 60.8 Å². The lowest BCUT2D eigenvalue weighted by Crippen LogP contribution is -2.02. The van der Waals surface area contributed by atoms with Crippen molar-refractivity contribution in [3.63, 3.8) is 0 Å². The summed E-state index contributed by atoms with van der Waals surface area (Å²) in [7, 11) is 1.66. The van der Waals surface area contributed by atoms with Crippen molar-refractivity contribution in [2.75, 3.05) is 7.11 Å². The minimum atomic E-state index is 0.0493. The van der Waals surface area contributed by atoms with E-state index in [4.69, 9.17) is 4.74 Å². The summed E-state index contributed by atoms with van der Waals surface area (Å²) in [4.78, 5) is 18.0. The fourth-order valence-electron chi connectivity index (χ4n) is 3.18. The predicted octanol–water partition coefficient (Wildman–Crippen LogP) is 5.50. The van der Waals surface area contributed by atoms with Crippen molar-refractivity contribution in [2.24, 2.45) is 0 Å². The molecule has 27 heavy (non-hydrogen) atoms. The number of carbonyl (C=O) groups excluding carboxylic acids is 1. The van der Waals surface area contributed by atoms with Crippen molar-refractivity contribution in [3.05, 3.63) is 112 Å². The molecule has 0 spiro atoms. The van der Waals surface area contributed by atoms with Gasteiger partial charge in [-0.15, -0.1) is 11.3 Å². The van der Waals surface area contributed by atoms with Crippen LogP contribution >= 0.6 is 11.3 Å². The molecule has 2 aromatic carbocycles. The van der Waals surface area contributed by atoms with Crippen LogP contribution in [-0.4, -0.2) is 17.9 Å². The van der Waals surface area contributed by atoms with Gasteiger partial charge in [-0.1, -0.05) is 42.5 Å². The number of hydrogen-bond acceptors (Lipinski definition) is 3. The van der Waals surface area contributed by atoms with Crippen LogP contribution in [-0.2, 0) is 0 Å². The van der Waals surface area contributed by atoms with Crippen LogP contribution < -0.4 is 4.74 Å². The Hall–Kier alpha value is -3.11. The van der Waals surface area contributed by atoms with E-state index >= 15 is 0 Å². The maximum atomic E-state index is 12.8. The average molecular weight is 373 g/mol.